The summed E-state index contributed by atoms with van der Waals surface area (Å²) in [6.07, 6.45) is 2.34. The second-order valence-electron chi connectivity index (χ2n) is 6.78. The Morgan fingerprint density at radius 1 is 1.15 bits per heavy atom. The number of carbonyl (C=O) groups excluding carboxylic acids is 1. The predicted octanol–water partition coefficient (Wildman–Crippen LogP) is 2.15. The molecule has 6 nitrogen and oxygen atoms in total. The van der Waals surface area contributed by atoms with E-state index in [9.17, 15) is 15.0 Å². The molecule has 138 valence electrons. The van der Waals surface area contributed by atoms with E-state index in [1.165, 1.54) is 12.1 Å². The van der Waals surface area contributed by atoms with Crippen molar-refractivity contribution in [3.05, 3.63) is 59.7 Å². The lowest BCUT2D eigenvalue weighted by atomic mass is 10.0. The highest BCUT2D eigenvalue weighted by atomic mass is 16.3. The van der Waals surface area contributed by atoms with Crippen LogP contribution in [0.25, 0.3) is 0 Å². The molecule has 3 rings (SSSR count). The molecule has 1 saturated carbocycles. The van der Waals surface area contributed by atoms with Crippen LogP contribution in [-0.2, 0) is 0 Å². The molecule has 2 aromatic carbocycles. The number of aliphatic hydroxyl groups is 1. The average molecular weight is 355 g/mol. The number of aliphatic hydroxyl groups excluding tert-OH is 1. The summed E-state index contributed by atoms with van der Waals surface area (Å²) < 4.78 is 0. The van der Waals surface area contributed by atoms with Gasteiger partial charge in [0.1, 0.15) is 5.75 Å². The van der Waals surface area contributed by atoms with Gasteiger partial charge in [-0.2, -0.15) is 0 Å². The Morgan fingerprint density at radius 3 is 2.62 bits per heavy atom. The number of nitrogens with one attached hydrogen (secondary N) is 2. The summed E-state index contributed by atoms with van der Waals surface area (Å²) in [7, 11) is 0. The first-order valence-corrected chi connectivity index (χ1v) is 8.88. The predicted molar refractivity (Wildman–Crippen MR) is 101 cm³/mol. The van der Waals surface area contributed by atoms with Gasteiger partial charge in [-0.05, 0) is 49.1 Å². The van der Waals surface area contributed by atoms with Gasteiger partial charge in [-0.1, -0.05) is 24.3 Å². The molecule has 1 aliphatic rings. The number of rotatable bonds is 7. The van der Waals surface area contributed by atoms with Crippen LogP contribution >= 0.6 is 0 Å². The third-order valence-electron chi connectivity index (χ3n) is 4.85. The Hall–Kier alpha value is -2.57. The Labute approximate surface area is 153 Å². The van der Waals surface area contributed by atoms with Crippen molar-refractivity contribution in [2.45, 2.75) is 37.5 Å². The molecule has 6 heteroatoms. The fraction of sp³-hybridized carbons (Fsp3) is 0.350. The number of hydrogen-bond donors (Lipinski definition) is 5. The van der Waals surface area contributed by atoms with Crippen LogP contribution in [0.15, 0.2) is 48.5 Å². The molecule has 1 fully saturated rings. The Morgan fingerprint density at radius 2 is 1.88 bits per heavy atom. The molecule has 6 N–H and O–H groups in total. The lowest BCUT2D eigenvalue weighted by Gasteiger charge is -2.18. The van der Waals surface area contributed by atoms with E-state index in [1.807, 2.05) is 18.2 Å². The molecule has 1 aliphatic carbocycles. The van der Waals surface area contributed by atoms with E-state index in [0.29, 0.717) is 24.2 Å². The van der Waals surface area contributed by atoms with Gasteiger partial charge < -0.3 is 26.6 Å². The smallest absolute Gasteiger partial charge is 0.252 e. The van der Waals surface area contributed by atoms with Crippen LogP contribution in [0.4, 0.5) is 5.69 Å². The van der Waals surface area contributed by atoms with Gasteiger partial charge in [-0.15, -0.1) is 0 Å². The number of aromatic hydroxyl groups is 1. The van der Waals surface area contributed by atoms with Crippen LogP contribution < -0.4 is 16.4 Å². The largest absolute Gasteiger partial charge is 0.507 e. The molecule has 0 saturated heterocycles. The molecular formula is C20H25N3O3. The number of para-hydroxylation sites is 1. The maximum Gasteiger partial charge on any atom is 0.252 e. The van der Waals surface area contributed by atoms with Crippen molar-refractivity contribution in [2.24, 2.45) is 5.73 Å². The quantitative estimate of drug-likeness (QED) is 0.523. The van der Waals surface area contributed by atoms with Crippen molar-refractivity contribution in [2.75, 3.05) is 11.9 Å². The van der Waals surface area contributed by atoms with Crippen LogP contribution in [0.3, 0.4) is 0 Å². The average Bonchev–Trinajstić information content (AvgIpc) is 3.08. The molecule has 0 aromatic heterocycles. The van der Waals surface area contributed by atoms with Crippen molar-refractivity contribution >= 4 is 11.6 Å². The van der Waals surface area contributed by atoms with Crippen molar-refractivity contribution in [3.8, 4) is 5.75 Å². The van der Waals surface area contributed by atoms with E-state index in [1.54, 1.807) is 6.07 Å². The molecule has 1 unspecified atom stereocenters. The Balaban J connectivity index is 1.50. The number of hydrogen-bond acceptors (Lipinski definition) is 5. The molecule has 0 radical (unpaired) electrons. The maximum absolute atomic E-state index is 11.3. The van der Waals surface area contributed by atoms with Gasteiger partial charge in [0.05, 0.1) is 11.7 Å². The van der Waals surface area contributed by atoms with Crippen LogP contribution in [0.2, 0.25) is 0 Å². The normalized spacial score (nSPS) is 20.7. The van der Waals surface area contributed by atoms with Crippen LogP contribution in [0.1, 0.15) is 41.3 Å². The lowest BCUT2D eigenvalue weighted by molar-refractivity contribution is 0.0997. The zero-order valence-corrected chi connectivity index (χ0v) is 14.6. The third kappa shape index (κ3) is 4.53. The monoisotopic (exact) mass is 355 g/mol. The van der Waals surface area contributed by atoms with Crippen molar-refractivity contribution in [1.29, 1.82) is 0 Å². The summed E-state index contributed by atoms with van der Waals surface area (Å²) in [6, 6.07) is 15.3. The SMILES string of the molecule is NC(=O)c1cc(C(O)CN[C@H]2CC[C@H](Nc3ccccc3)C2)ccc1O. The summed E-state index contributed by atoms with van der Waals surface area (Å²) in [4.78, 5) is 11.3. The molecule has 3 atom stereocenters. The van der Waals surface area contributed by atoms with E-state index < -0.39 is 12.0 Å². The van der Waals surface area contributed by atoms with Gasteiger partial charge in [0.2, 0.25) is 0 Å². The van der Waals surface area contributed by atoms with Crippen LogP contribution in [-0.4, -0.2) is 34.7 Å². The molecule has 0 spiro atoms. The van der Waals surface area contributed by atoms with Gasteiger partial charge in [-0.25, -0.2) is 0 Å². The van der Waals surface area contributed by atoms with Gasteiger partial charge >= 0.3 is 0 Å². The highest BCUT2D eigenvalue weighted by molar-refractivity contribution is 5.95. The zero-order chi connectivity index (χ0) is 18.5. The number of benzene rings is 2. The van der Waals surface area contributed by atoms with E-state index in [-0.39, 0.29) is 11.3 Å². The van der Waals surface area contributed by atoms with Gasteiger partial charge in [0, 0.05) is 24.3 Å². The second-order valence-corrected chi connectivity index (χ2v) is 6.78. The third-order valence-corrected chi connectivity index (χ3v) is 4.85. The molecule has 2 aromatic rings. The fourth-order valence-corrected chi connectivity index (χ4v) is 3.42. The minimum atomic E-state index is -0.769. The Kier molecular flexibility index (Phi) is 5.75. The number of nitrogens with two attached hydrogens (primary N) is 1. The van der Waals surface area contributed by atoms with E-state index in [2.05, 4.69) is 22.8 Å². The van der Waals surface area contributed by atoms with Gasteiger partial charge in [-0.3, -0.25) is 4.79 Å². The van der Waals surface area contributed by atoms with Crippen molar-refractivity contribution < 1.29 is 15.0 Å². The lowest BCUT2D eigenvalue weighted by Crippen LogP contribution is -2.32. The zero-order valence-electron chi connectivity index (χ0n) is 14.6. The van der Waals surface area contributed by atoms with Crippen LogP contribution in [0.5, 0.6) is 5.75 Å². The number of phenols is 1. The first-order chi connectivity index (χ1) is 12.5. The Bertz CT molecular complexity index is 751. The number of primary amides is 1. The summed E-state index contributed by atoms with van der Waals surface area (Å²) in [5, 5.41) is 26.9. The molecule has 1 amide bonds. The number of amides is 1. The van der Waals surface area contributed by atoms with Crippen LogP contribution in [0, 0.1) is 0 Å². The molecule has 26 heavy (non-hydrogen) atoms. The maximum atomic E-state index is 11.3. The van der Waals surface area contributed by atoms with E-state index in [0.717, 1.165) is 24.9 Å². The molecule has 0 bridgehead atoms. The first kappa shape index (κ1) is 18.2. The van der Waals surface area contributed by atoms with E-state index >= 15 is 0 Å². The standard InChI is InChI=1S/C20H25N3O3/c21-20(26)17-10-13(6-9-18(17)24)19(25)12-22-15-7-8-16(11-15)23-14-4-2-1-3-5-14/h1-6,9-10,15-16,19,22-25H,7-8,11-12H2,(H2,21,26)/t15-,16-,19?/m0/s1. The van der Waals surface area contributed by atoms with Crippen molar-refractivity contribution in [3.63, 3.8) is 0 Å². The molecule has 0 aliphatic heterocycles. The minimum absolute atomic E-state index is 0.0227. The highest BCUT2D eigenvalue weighted by Crippen LogP contribution is 2.25. The minimum Gasteiger partial charge on any atom is -0.507 e. The molecule has 0 heterocycles. The first-order valence-electron chi connectivity index (χ1n) is 8.88. The highest BCUT2D eigenvalue weighted by Gasteiger charge is 2.25. The van der Waals surface area contributed by atoms with Gasteiger partial charge in [0.25, 0.3) is 5.91 Å². The summed E-state index contributed by atoms with van der Waals surface area (Å²) in [6.45, 7) is 0.381. The number of anilines is 1. The molecular weight excluding hydrogens is 330 g/mol. The van der Waals surface area contributed by atoms with E-state index in [4.69, 9.17) is 5.73 Å². The van der Waals surface area contributed by atoms with Gasteiger partial charge in [0.15, 0.2) is 0 Å². The topological polar surface area (TPSA) is 108 Å². The van der Waals surface area contributed by atoms with Crippen molar-refractivity contribution in [1.82, 2.24) is 5.32 Å². The summed E-state index contributed by atoms with van der Waals surface area (Å²) in [5.74, 6) is -0.887. The summed E-state index contributed by atoms with van der Waals surface area (Å²) >= 11 is 0. The fourth-order valence-electron chi connectivity index (χ4n) is 3.42. The summed E-state index contributed by atoms with van der Waals surface area (Å²) in [5.41, 5.74) is 6.94. The number of carbonyl (C=O) groups is 1. The second kappa shape index (κ2) is 8.21.